The van der Waals surface area contributed by atoms with E-state index < -0.39 is 4.92 Å². The van der Waals surface area contributed by atoms with Crippen LogP contribution in [0.1, 0.15) is 28.8 Å². The van der Waals surface area contributed by atoms with Crippen LogP contribution in [0.3, 0.4) is 0 Å². The van der Waals surface area contributed by atoms with E-state index in [0.717, 1.165) is 24.1 Å². The first-order valence-corrected chi connectivity index (χ1v) is 9.02. The number of hydrogen-bond donors (Lipinski definition) is 2. The van der Waals surface area contributed by atoms with Crippen molar-refractivity contribution in [2.75, 3.05) is 5.32 Å². The molecule has 2 N–H and O–H groups in total. The van der Waals surface area contributed by atoms with Gasteiger partial charge in [-0.3, -0.25) is 14.9 Å². The maximum Gasteiger partial charge on any atom is 0.293 e. The summed E-state index contributed by atoms with van der Waals surface area (Å²) in [7, 11) is 0. The van der Waals surface area contributed by atoms with E-state index in [4.69, 9.17) is 0 Å². The quantitative estimate of drug-likeness (QED) is 0.486. The molecule has 1 saturated carbocycles. The molecule has 1 aliphatic rings. The minimum atomic E-state index is -0.467. The van der Waals surface area contributed by atoms with Crippen LogP contribution in [0.5, 0.6) is 0 Å². The third-order valence-corrected chi connectivity index (χ3v) is 4.50. The molecule has 0 saturated heterocycles. The van der Waals surface area contributed by atoms with Crippen molar-refractivity contribution < 1.29 is 9.72 Å². The fraction of sp³-hybridized carbons (Fsp3) is 0.200. The summed E-state index contributed by atoms with van der Waals surface area (Å²) in [6, 6.07) is 14.4. The number of aromatic nitrogens is 2. The van der Waals surface area contributed by atoms with Crippen LogP contribution in [0.2, 0.25) is 0 Å². The minimum absolute atomic E-state index is 0.0866. The topological polar surface area (TPSA) is 102 Å². The van der Waals surface area contributed by atoms with Crippen LogP contribution >= 0.6 is 0 Å². The largest absolute Gasteiger partial charge is 0.377 e. The molecule has 1 heterocycles. The van der Waals surface area contributed by atoms with E-state index in [0.29, 0.717) is 11.7 Å². The van der Waals surface area contributed by atoms with Crippen molar-refractivity contribution in [3.63, 3.8) is 0 Å². The van der Waals surface area contributed by atoms with Crippen molar-refractivity contribution in [3.8, 4) is 5.69 Å². The number of para-hydroxylation sites is 1. The van der Waals surface area contributed by atoms with Crippen molar-refractivity contribution in [1.82, 2.24) is 15.1 Å². The van der Waals surface area contributed by atoms with Gasteiger partial charge in [-0.15, -0.1) is 0 Å². The molecule has 1 aliphatic carbocycles. The lowest BCUT2D eigenvalue weighted by atomic mass is 10.1. The maximum absolute atomic E-state index is 12.4. The number of nitrogens with zero attached hydrogens (tertiary/aromatic N) is 3. The summed E-state index contributed by atoms with van der Waals surface area (Å²) in [4.78, 5) is 23.3. The predicted octanol–water partition coefficient (Wildman–Crippen LogP) is 3.28. The summed E-state index contributed by atoms with van der Waals surface area (Å²) in [6.07, 6.45) is 5.53. The number of nitro benzene ring substituents is 1. The van der Waals surface area contributed by atoms with Gasteiger partial charge in [0.2, 0.25) is 0 Å². The number of nitrogens with one attached hydrogen (secondary N) is 2. The molecule has 8 nitrogen and oxygen atoms in total. The SMILES string of the molecule is O=C(NCc1cnn(-c2ccccc2)c1)c1ccc(NC2CC2)c([N+](=O)[O-])c1. The first-order chi connectivity index (χ1) is 13.6. The first kappa shape index (κ1) is 17.7. The lowest BCUT2D eigenvalue weighted by Crippen LogP contribution is -2.22. The van der Waals surface area contributed by atoms with Crippen molar-refractivity contribution in [3.05, 3.63) is 82.2 Å². The molecule has 1 fully saturated rings. The number of anilines is 1. The Morgan fingerprint density at radius 2 is 2.00 bits per heavy atom. The highest BCUT2D eigenvalue weighted by Gasteiger charge is 2.25. The molecule has 0 bridgehead atoms. The molecule has 4 rings (SSSR count). The van der Waals surface area contributed by atoms with Crippen molar-refractivity contribution in [2.24, 2.45) is 0 Å². The predicted molar refractivity (Wildman–Crippen MR) is 104 cm³/mol. The van der Waals surface area contributed by atoms with Crippen molar-refractivity contribution in [2.45, 2.75) is 25.4 Å². The number of hydrogen-bond acceptors (Lipinski definition) is 5. The molecule has 0 unspecified atom stereocenters. The van der Waals surface area contributed by atoms with Crippen LogP contribution in [-0.2, 0) is 6.54 Å². The second-order valence-electron chi connectivity index (χ2n) is 6.72. The third-order valence-electron chi connectivity index (χ3n) is 4.50. The van der Waals surface area contributed by atoms with Gasteiger partial charge in [-0.1, -0.05) is 18.2 Å². The van der Waals surface area contributed by atoms with E-state index in [1.165, 1.54) is 6.07 Å². The molecule has 2 aromatic carbocycles. The summed E-state index contributed by atoms with van der Waals surface area (Å²) < 4.78 is 1.73. The van der Waals surface area contributed by atoms with Crippen molar-refractivity contribution in [1.29, 1.82) is 0 Å². The van der Waals surface area contributed by atoms with Crippen LogP contribution in [0.25, 0.3) is 5.69 Å². The summed E-state index contributed by atoms with van der Waals surface area (Å²) >= 11 is 0. The Morgan fingerprint density at radius 1 is 1.21 bits per heavy atom. The van der Waals surface area contributed by atoms with Gasteiger partial charge in [0.05, 0.1) is 16.8 Å². The minimum Gasteiger partial charge on any atom is -0.377 e. The Labute approximate surface area is 161 Å². The van der Waals surface area contributed by atoms with Crippen LogP contribution in [0.4, 0.5) is 11.4 Å². The van der Waals surface area contributed by atoms with Crippen LogP contribution in [0.15, 0.2) is 60.9 Å². The maximum atomic E-state index is 12.4. The zero-order chi connectivity index (χ0) is 19.5. The zero-order valence-electron chi connectivity index (χ0n) is 15.0. The average Bonchev–Trinajstić information content (AvgIpc) is 3.40. The second-order valence-corrected chi connectivity index (χ2v) is 6.72. The number of benzene rings is 2. The Hall–Kier alpha value is -3.68. The lowest BCUT2D eigenvalue weighted by Gasteiger charge is -2.08. The van der Waals surface area contributed by atoms with E-state index in [9.17, 15) is 14.9 Å². The molecule has 3 aromatic rings. The molecule has 8 heteroatoms. The number of carbonyl (C=O) groups is 1. The Morgan fingerprint density at radius 3 is 2.71 bits per heavy atom. The lowest BCUT2D eigenvalue weighted by molar-refractivity contribution is -0.384. The van der Waals surface area contributed by atoms with Gasteiger partial charge < -0.3 is 10.6 Å². The fourth-order valence-corrected chi connectivity index (χ4v) is 2.85. The number of amides is 1. The van der Waals surface area contributed by atoms with Gasteiger partial charge in [0.15, 0.2) is 0 Å². The Bertz CT molecular complexity index is 1010. The normalized spacial score (nSPS) is 13.1. The van der Waals surface area contributed by atoms with Gasteiger partial charge in [0, 0.05) is 36.0 Å². The highest BCUT2D eigenvalue weighted by Crippen LogP contribution is 2.31. The summed E-state index contributed by atoms with van der Waals surface area (Å²) in [6.45, 7) is 0.279. The molecule has 1 amide bonds. The highest BCUT2D eigenvalue weighted by molar-refractivity contribution is 5.95. The van der Waals surface area contributed by atoms with Gasteiger partial charge in [-0.05, 0) is 37.1 Å². The van der Waals surface area contributed by atoms with Crippen LogP contribution in [-0.4, -0.2) is 26.7 Å². The van der Waals surface area contributed by atoms with E-state index in [-0.39, 0.29) is 23.7 Å². The number of nitro groups is 1. The molecular weight excluding hydrogens is 358 g/mol. The van der Waals surface area contributed by atoms with Gasteiger partial charge in [0.1, 0.15) is 5.69 Å². The van der Waals surface area contributed by atoms with Gasteiger partial charge in [0.25, 0.3) is 11.6 Å². The molecule has 142 valence electrons. The van der Waals surface area contributed by atoms with Crippen LogP contribution < -0.4 is 10.6 Å². The van der Waals surface area contributed by atoms with E-state index >= 15 is 0 Å². The molecule has 0 atom stereocenters. The van der Waals surface area contributed by atoms with E-state index in [2.05, 4.69) is 15.7 Å². The summed E-state index contributed by atoms with van der Waals surface area (Å²) in [5, 5.41) is 21.5. The summed E-state index contributed by atoms with van der Waals surface area (Å²) in [5.74, 6) is -0.367. The first-order valence-electron chi connectivity index (χ1n) is 9.02. The zero-order valence-corrected chi connectivity index (χ0v) is 15.0. The number of rotatable bonds is 7. The fourth-order valence-electron chi connectivity index (χ4n) is 2.85. The molecule has 0 radical (unpaired) electrons. The standard InChI is InChI=1S/C20H19N5O3/c26-20(15-6-9-18(23-16-7-8-16)19(10-15)25(27)28)21-11-14-12-22-24(13-14)17-4-2-1-3-5-17/h1-6,9-10,12-13,16,23H,7-8,11H2,(H,21,26). The molecule has 1 aromatic heterocycles. The molecule has 0 aliphatic heterocycles. The Balaban J connectivity index is 1.43. The van der Waals surface area contributed by atoms with Gasteiger partial charge in [-0.25, -0.2) is 4.68 Å². The number of carbonyl (C=O) groups excluding carboxylic acids is 1. The van der Waals surface area contributed by atoms with Gasteiger partial charge in [-0.2, -0.15) is 5.10 Å². The molecule has 0 spiro atoms. The summed E-state index contributed by atoms with van der Waals surface area (Å²) in [5.41, 5.74) is 2.38. The van der Waals surface area contributed by atoms with Crippen molar-refractivity contribution >= 4 is 17.3 Å². The average molecular weight is 377 g/mol. The smallest absolute Gasteiger partial charge is 0.293 e. The Kier molecular flexibility index (Phi) is 4.76. The molecule has 28 heavy (non-hydrogen) atoms. The third kappa shape index (κ3) is 4.01. The highest BCUT2D eigenvalue weighted by atomic mass is 16.6. The monoisotopic (exact) mass is 377 g/mol. The van der Waals surface area contributed by atoms with Crippen LogP contribution in [0, 0.1) is 10.1 Å². The second kappa shape index (κ2) is 7.51. The van der Waals surface area contributed by atoms with E-state index in [1.54, 1.807) is 23.0 Å². The molecular formula is C20H19N5O3. The van der Waals surface area contributed by atoms with Gasteiger partial charge >= 0.3 is 0 Å². The van der Waals surface area contributed by atoms with E-state index in [1.807, 2.05) is 36.5 Å².